The summed E-state index contributed by atoms with van der Waals surface area (Å²) in [6, 6.07) is 11.0. The summed E-state index contributed by atoms with van der Waals surface area (Å²) in [7, 11) is 1.38. The van der Waals surface area contributed by atoms with Crippen LogP contribution in [0.1, 0.15) is 5.56 Å². The van der Waals surface area contributed by atoms with Crippen LogP contribution in [0.3, 0.4) is 0 Å². The molecule has 0 heterocycles. The molecule has 2 N–H and O–H groups in total. The first kappa shape index (κ1) is 20.7. The van der Waals surface area contributed by atoms with Crippen molar-refractivity contribution in [2.75, 3.05) is 19.0 Å². The number of rotatable bonds is 7. The number of amides is 2. The number of carbonyl (C=O) groups is 3. The Bertz CT molecular complexity index is 916. The van der Waals surface area contributed by atoms with Crippen LogP contribution in [0, 0.1) is 0 Å². The molecule has 2 aromatic carbocycles. The van der Waals surface area contributed by atoms with E-state index in [9.17, 15) is 19.5 Å². The van der Waals surface area contributed by atoms with Crippen molar-refractivity contribution in [3.63, 3.8) is 0 Å². The SMILES string of the molecule is COc1cc(/C=N\NC(=O)C(=O)Nc2ccccc2Cl)ccc1OCC(=O)[O-]. The first-order chi connectivity index (χ1) is 13.4. The number of ether oxygens (including phenoxy) is 2. The van der Waals surface area contributed by atoms with Gasteiger partial charge in [-0.05, 0) is 35.9 Å². The third-order valence-electron chi connectivity index (χ3n) is 3.24. The van der Waals surface area contributed by atoms with Crippen LogP contribution in [-0.2, 0) is 14.4 Å². The number of nitrogens with zero attached hydrogens (tertiary/aromatic N) is 1. The highest BCUT2D eigenvalue weighted by Gasteiger charge is 2.14. The second-order valence-electron chi connectivity index (χ2n) is 5.20. The molecule has 0 aliphatic rings. The molecule has 0 aromatic heterocycles. The Balaban J connectivity index is 1.96. The Kier molecular flexibility index (Phi) is 7.35. The zero-order valence-electron chi connectivity index (χ0n) is 14.6. The number of hydrogen-bond acceptors (Lipinski definition) is 7. The molecule has 0 saturated heterocycles. The minimum atomic E-state index is -1.37. The first-order valence-corrected chi connectivity index (χ1v) is 8.18. The predicted octanol–water partition coefficient (Wildman–Crippen LogP) is 0.566. The number of aliphatic carboxylic acids is 1. The lowest BCUT2D eigenvalue weighted by molar-refractivity contribution is -0.307. The Morgan fingerprint density at radius 3 is 2.57 bits per heavy atom. The van der Waals surface area contributed by atoms with E-state index in [0.717, 1.165) is 0 Å². The van der Waals surface area contributed by atoms with Gasteiger partial charge in [0, 0.05) is 0 Å². The van der Waals surface area contributed by atoms with Crippen LogP contribution >= 0.6 is 11.6 Å². The summed E-state index contributed by atoms with van der Waals surface area (Å²) in [5.74, 6) is -2.84. The van der Waals surface area contributed by atoms with Crippen molar-refractivity contribution >= 4 is 41.3 Å². The zero-order chi connectivity index (χ0) is 20.5. The van der Waals surface area contributed by atoms with Crippen LogP contribution in [-0.4, -0.2) is 37.7 Å². The summed E-state index contributed by atoms with van der Waals surface area (Å²) in [5, 5.41) is 16.8. The second-order valence-corrected chi connectivity index (χ2v) is 5.61. The van der Waals surface area contributed by atoms with E-state index in [2.05, 4.69) is 15.8 Å². The van der Waals surface area contributed by atoms with Gasteiger partial charge >= 0.3 is 11.8 Å². The van der Waals surface area contributed by atoms with Gasteiger partial charge in [0.15, 0.2) is 11.5 Å². The Morgan fingerprint density at radius 1 is 1.14 bits per heavy atom. The van der Waals surface area contributed by atoms with Gasteiger partial charge in [-0.15, -0.1) is 0 Å². The summed E-state index contributed by atoms with van der Waals surface area (Å²) in [5.41, 5.74) is 2.88. The van der Waals surface area contributed by atoms with Crippen LogP contribution in [0.4, 0.5) is 5.69 Å². The zero-order valence-corrected chi connectivity index (χ0v) is 15.4. The first-order valence-electron chi connectivity index (χ1n) is 7.80. The highest BCUT2D eigenvalue weighted by Crippen LogP contribution is 2.27. The number of anilines is 1. The highest BCUT2D eigenvalue weighted by molar-refractivity contribution is 6.41. The van der Waals surface area contributed by atoms with E-state index in [1.165, 1.54) is 25.5 Å². The van der Waals surface area contributed by atoms with E-state index >= 15 is 0 Å². The standard InChI is InChI=1S/C18H16ClN3O6/c1-27-15-8-11(6-7-14(15)28-10-16(23)24)9-20-22-18(26)17(25)21-13-5-3-2-4-12(13)19/h2-9H,10H2,1H3,(H,21,25)(H,22,26)(H,23,24)/p-1/b20-9-. The summed E-state index contributed by atoms with van der Waals surface area (Å²) in [6.45, 7) is -0.625. The number of methoxy groups -OCH3 is 1. The molecule has 0 unspecified atom stereocenters. The fourth-order valence-electron chi connectivity index (χ4n) is 1.98. The van der Waals surface area contributed by atoms with Gasteiger partial charge in [-0.1, -0.05) is 23.7 Å². The van der Waals surface area contributed by atoms with Gasteiger partial charge in [-0.25, -0.2) is 5.43 Å². The fraction of sp³-hybridized carbons (Fsp3) is 0.111. The van der Waals surface area contributed by atoms with Crippen molar-refractivity contribution in [2.24, 2.45) is 5.10 Å². The summed E-state index contributed by atoms with van der Waals surface area (Å²) in [6.07, 6.45) is 1.27. The summed E-state index contributed by atoms with van der Waals surface area (Å²) < 4.78 is 10.1. The van der Waals surface area contributed by atoms with Crippen molar-refractivity contribution in [2.45, 2.75) is 0 Å². The van der Waals surface area contributed by atoms with Gasteiger partial charge in [0.05, 0.1) is 30.0 Å². The number of hydrazone groups is 1. The molecular weight excluding hydrogens is 390 g/mol. The molecule has 2 rings (SSSR count). The smallest absolute Gasteiger partial charge is 0.329 e. The molecule has 0 aliphatic heterocycles. The number of para-hydroxylation sites is 1. The van der Waals surface area contributed by atoms with Crippen molar-refractivity contribution in [3.05, 3.63) is 53.1 Å². The molecule has 0 spiro atoms. The number of hydrogen-bond donors (Lipinski definition) is 2. The molecule has 0 atom stereocenters. The predicted molar refractivity (Wildman–Crippen MR) is 99.3 cm³/mol. The van der Waals surface area contributed by atoms with E-state index in [4.69, 9.17) is 21.1 Å². The molecule has 0 bridgehead atoms. The maximum atomic E-state index is 11.8. The lowest BCUT2D eigenvalue weighted by atomic mass is 10.2. The van der Waals surface area contributed by atoms with Crippen LogP contribution in [0.25, 0.3) is 0 Å². The topological polar surface area (TPSA) is 129 Å². The number of halogens is 1. The van der Waals surface area contributed by atoms with E-state index in [1.807, 2.05) is 0 Å². The van der Waals surface area contributed by atoms with Crippen LogP contribution in [0.2, 0.25) is 5.02 Å². The average Bonchev–Trinajstić information content (AvgIpc) is 2.68. The van der Waals surface area contributed by atoms with Crippen LogP contribution in [0.15, 0.2) is 47.6 Å². The number of benzene rings is 2. The highest BCUT2D eigenvalue weighted by atomic mass is 35.5. The van der Waals surface area contributed by atoms with Crippen LogP contribution in [0.5, 0.6) is 11.5 Å². The summed E-state index contributed by atoms with van der Waals surface area (Å²) in [4.78, 5) is 34.1. The molecule has 2 aromatic rings. The Morgan fingerprint density at radius 2 is 1.89 bits per heavy atom. The molecule has 0 radical (unpaired) electrons. The van der Waals surface area contributed by atoms with Gasteiger partial charge in [0.1, 0.15) is 6.61 Å². The minimum Gasteiger partial charge on any atom is -0.546 e. The number of carbonyl (C=O) groups excluding carboxylic acids is 3. The fourth-order valence-corrected chi connectivity index (χ4v) is 2.16. The molecule has 0 saturated carbocycles. The largest absolute Gasteiger partial charge is 0.546 e. The lowest BCUT2D eigenvalue weighted by Gasteiger charge is -2.11. The van der Waals surface area contributed by atoms with E-state index < -0.39 is 24.4 Å². The van der Waals surface area contributed by atoms with Gasteiger partial charge in [-0.3, -0.25) is 9.59 Å². The average molecular weight is 405 g/mol. The molecular formula is C18H15ClN3O6-. The van der Waals surface area contributed by atoms with Gasteiger partial charge in [0.2, 0.25) is 0 Å². The van der Waals surface area contributed by atoms with E-state index in [0.29, 0.717) is 16.3 Å². The van der Waals surface area contributed by atoms with Crippen molar-refractivity contribution < 1.29 is 29.0 Å². The van der Waals surface area contributed by atoms with Gasteiger partial charge in [0.25, 0.3) is 0 Å². The van der Waals surface area contributed by atoms with Crippen molar-refractivity contribution in [1.29, 1.82) is 0 Å². The van der Waals surface area contributed by atoms with Crippen molar-refractivity contribution in [3.8, 4) is 11.5 Å². The van der Waals surface area contributed by atoms with Gasteiger partial charge < -0.3 is 24.7 Å². The maximum absolute atomic E-state index is 11.8. The van der Waals surface area contributed by atoms with Gasteiger partial charge in [-0.2, -0.15) is 5.10 Å². The number of carboxylic acid groups (broad SMARTS) is 1. The molecule has 10 heteroatoms. The van der Waals surface area contributed by atoms with Crippen LogP contribution < -0.4 is 25.3 Å². The molecule has 0 aliphatic carbocycles. The molecule has 0 fully saturated rings. The number of carboxylic acids is 1. The van der Waals surface area contributed by atoms with E-state index in [1.54, 1.807) is 30.3 Å². The monoisotopic (exact) mass is 404 g/mol. The minimum absolute atomic E-state index is 0.201. The third kappa shape index (κ3) is 5.99. The maximum Gasteiger partial charge on any atom is 0.329 e. The van der Waals surface area contributed by atoms with Crippen molar-refractivity contribution in [1.82, 2.24) is 5.43 Å². The quantitative estimate of drug-likeness (QED) is 0.394. The molecule has 28 heavy (non-hydrogen) atoms. The Labute approximate surface area is 164 Å². The lowest BCUT2D eigenvalue weighted by Crippen LogP contribution is -2.32. The van der Waals surface area contributed by atoms with E-state index in [-0.39, 0.29) is 11.5 Å². The third-order valence-corrected chi connectivity index (χ3v) is 3.57. The molecule has 9 nitrogen and oxygen atoms in total. The summed E-state index contributed by atoms with van der Waals surface area (Å²) >= 11 is 5.90. The number of nitrogens with one attached hydrogen (secondary N) is 2. The molecule has 146 valence electrons. The second kappa shape index (κ2) is 9.93. The molecule has 2 amide bonds. The normalized spacial score (nSPS) is 10.4. The Hall–Kier alpha value is -3.59.